The molecular formula is C17H24N4O3. The van der Waals surface area contributed by atoms with Crippen LogP contribution in [0.15, 0.2) is 24.3 Å². The second-order valence-electron chi connectivity index (χ2n) is 5.87. The van der Waals surface area contributed by atoms with E-state index in [-0.39, 0.29) is 11.8 Å². The van der Waals surface area contributed by atoms with Crippen molar-refractivity contribution in [2.75, 3.05) is 25.0 Å². The van der Waals surface area contributed by atoms with Crippen LogP contribution in [-0.2, 0) is 4.79 Å². The average molecular weight is 332 g/mol. The third-order valence-electron chi connectivity index (χ3n) is 3.98. The summed E-state index contributed by atoms with van der Waals surface area (Å²) in [6, 6.07) is 5.79. The molecule has 0 saturated carbocycles. The molecule has 0 spiro atoms. The van der Waals surface area contributed by atoms with Gasteiger partial charge in [-0.1, -0.05) is 18.9 Å². The van der Waals surface area contributed by atoms with Gasteiger partial charge in [-0.15, -0.1) is 0 Å². The minimum Gasteiger partial charge on any atom is -0.352 e. The summed E-state index contributed by atoms with van der Waals surface area (Å²) in [6.45, 7) is 1.92. The first-order valence-corrected chi connectivity index (χ1v) is 8.29. The zero-order valence-corrected chi connectivity index (χ0v) is 13.7. The number of hydrogen-bond acceptors (Lipinski definition) is 3. The summed E-state index contributed by atoms with van der Waals surface area (Å²) in [7, 11) is 0. The van der Waals surface area contributed by atoms with Crippen LogP contribution < -0.4 is 16.4 Å². The van der Waals surface area contributed by atoms with Crippen LogP contribution in [0, 0.1) is 0 Å². The number of urea groups is 1. The zero-order chi connectivity index (χ0) is 17.4. The van der Waals surface area contributed by atoms with Crippen molar-refractivity contribution in [1.82, 2.24) is 10.2 Å². The number of nitrogens with one attached hydrogen (secondary N) is 2. The molecule has 1 aliphatic rings. The molecule has 1 aromatic rings. The molecule has 7 heteroatoms. The first kappa shape index (κ1) is 17.8. The molecule has 0 radical (unpaired) electrons. The minimum atomic E-state index is -0.685. The van der Waals surface area contributed by atoms with Crippen LogP contribution in [0.4, 0.5) is 10.5 Å². The normalized spacial score (nSPS) is 14.6. The van der Waals surface area contributed by atoms with Gasteiger partial charge in [0.1, 0.15) is 0 Å². The second-order valence-corrected chi connectivity index (χ2v) is 5.87. The van der Waals surface area contributed by atoms with Crippen molar-refractivity contribution in [3.63, 3.8) is 0 Å². The van der Waals surface area contributed by atoms with Crippen LogP contribution in [0.3, 0.4) is 0 Å². The maximum absolute atomic E-state index is 12.2. The van der Waals surface area contributed by atoms with Crippen LogP contribution in [0.2, 0.25) is 0 Å². The van der Waals surface area contributed by atoms with E-state index in [0.717, 1.165) is 25.9 Å². The van der Waals surface area contributed by atoms with Gasteiger partial charge in [0.2, 0.25) is 5.91 Å². The summed E-state index contributed by atoms with van der Waals surface area (Å²) in [5.74, 6) is -0.201. The van der Waals surface area contributed by atoms with Gasteiger partial charge in [-0.3, -0.25) is 9.59 Å². The van der Waals surface area contributed by atoms with Crippen molar-refractivity contribution in [2.45, 2.75) is 32.1 Å². The Bertz CT molecular complexity index is 595. The summed E-state index contributed by atoms with van der Waals surface area (Å²) >= 11 is 0. The first-order valence-electron chi connectivity index (χ1n) is 8.29. The van der Waals surface area contributed by atoms with E-state index < -0.39 is 6.03 Å². The van der Waals surface area contributed by atoms with Gasteiger partial charge in [0, 0.05) is 37.3 Å². The number of rotatable bonds is 5. The van der Waals surface area contributed by atoms with E-state index in [2.05, 4.69) is 10.6 Å². The van der Waals surface area contributed by atoms with E-state index in [1.165, 1.54) is 18.9 Å². The lowest BCUT2D eigenvalue weighted by Crippen LogP contribution is -2.35. The first-order chi connectivity index (χ1) is 11.6. The quantitative estimate of drug-likeness (QED) is 0.764. The number of benzene rings is 1. The molecule has 2 rings (SSSR count). The summed E-state index contributed by atoms with van der Waals surface area (Å²) in [4.78, 5) is 37.0. The second kappa shape index (κ2) is 8.90. The highest BCUT2D eigenvalue weighted by atomic mass is 16.2. The van der Waals surface area contributed by atoms with E-state index in [1.807, 2.05) is 4.90 Å². The van der Waals surface area contributed by atoms with Crippen LogP contribution in [0.5, 0.6) is 0 Å². The lowest BCUT2D eigenvalue weighted by molar-refractivity contribution is -0.131. The fourth-order valence-corrected chi connectivity index (χ4v) is 2.74. The van der Waals surface area contributed by atoms with Gasteiger partial charge >= 0.3 is 6.03 Å². The van der Waals surface area contributed by atoms with Crippen molar-refractivity contribution in [3.8, 4) is 0 Å². The average Bonchev–Trinajstić information content (AvgIpc) is 2.83. The Labute approximate surface area is 141 Å². The number of primary amides is 1. The van der Waals surface area contributed by atoms with Gasteiger partial charge in [-0.2, -0.15) is 0 Å². The van der Waals surface area contributed by atoms with Gasteiger partial charge in [0.25, 0.3) is 5.91 Å². The Balaban J connectivity index is 1.80. The molecule has 1 saturated heterocycles. The Morgan fingerprint density at radius 1 is 1.08 bits per heavy atom. The third kappa shape index (κ3) is 5.57. The summed E-state index contributed by atoms with van der Waals surface area (Å²) < 4.78 is 0. The standard InChI is InChI=1S/C17H24N4O3/c18-17(24)20-14-7-5-6-13(12-14)16(23)19-9-8-15(22)21-10-3-1-2-4-11-21/h5-7,12H,1-4,8-11H2,(H,19,23)(H3,18,20,24). The molecule has 4 amide bonds. The molecular weight excluding hydrogens is 308 g/mol. The van der Waals surface area contributed by atoms with Gasteiger partial charge in [-0.25, -0.2) is 4.79 Å². The van der Waals surface area contributed by atoms with Crippen molar-refractivity contribution in [3.05, 3.63) is 29.8 Å². The Kier molecular flexibility index (Phi) is 6.60. The van der Waals surface area contributed by atoms with Crippen molar-refractivity contribution >= 4 is 23.5 Å². The topological polar surface area (TPSA) is 105 Å². The van der Waals surface area contributed by atoms with Crippen LogP contribution in [0.1, 0.15) is 42.5 Å². The molecule has 1 aliphatic heterocycles. The highest BCUT2D eigenvalue weighted by Gasteiger charge is 2.15. The van der Waals surface area contributed by atoms with Gasteiger partial charge in [0.15, 0.2) is 0 Å². The molecule has 0 aliphatic carbocycles. The third-order valence-corrected chi connectivity index (χ3v) is 3.98. The van der Waals surface area contributed by atoms with Gasteiger partial charge < -0.3 is 21.3 Å². The van der Waals surface area contributed by atoms with Crippen molar-refractivity contribution in [2.24, 2.45) is 5.73 Å². The van der Waals surface area contributed by atoms with Crippen LogP contribution >= 0.6 is 0 Å². The molecule has 130 valence electrons. The van der Waals surface area contributed by atoms with Crippen molar-refractivity contribution in [1.29, 1.82) is 0 Å². The Morgan fingerprint density at radius 3 is 2.46 bits per heavy atom. The molecule has 0 aromatic heterocycles. The molecule has 0 bridgehead atoms. The predicted molar refractivity (Wildman–Crippen MR) is 91.6 cm³/mol. The molecule has 4 N–H and O–H groups in total. The minimum absolute atomic E-state index is 0.0846. The number of carbonyl (C=O) groups is 3. The number of likely N-dealkylation sites (tertiary alicyclic amines) is 1. The largest absolute Gasteiger partial charge is 0.352 e. The number of hydrogen-bond donors (Lipinski definition) is 3. The lowest BCUT2D eigenvalue weighted by Gasteiger charge is -2.20. The van der Waals surface area contributed by atoms with E-state index in [4.69, 9.17) is 5.73 Å². The van der Waals surface area contributed by atoms with E-state index in [1.54, 1.807) is 18.2 Å². The number of nitrogens with zero attached hydrogens (tertiary/aromatic N) is 1. The summed E-state index contributed by atoms with van der Waals surface area (Å²) in [5, 5.41) is 5.16. The van der Waals surface area contributed by atoms with E-state index >= 15 is 0 Å². The lowest BCUT2D eigenvalue weighted by atomic mass is 10.2. The molecule has 7 nitrogen and oxygen atoms in total. The monoisotopic (exact) mass is 332 g/mol. The smallest absolute Gasteiger partial charge is 0.316 e. The Morgan fingerprint density at radius 2 is 1.79 bits per heavy atom. The number of amides is 4. The SMILES string of the molecule is NC(=O)Nc1cccc(C(=O)NCCC(=O)N2CCCCCC2)c1. The number of carbonyl (C=O) groups excluding carboxylic acids is 3. The van der Waals surface area contributed by atoms with Crippen LogP contribution in [-0.4, -0.2) is 42.4 Å². The molecule has 0 atom stereocenters. The summed E-state index contributed by atoms with van der Waals surface area (Å²) in [6.07, 6.45) is 4.76. The van der Waals surface area contributed by atoms with Crippen molar-refractivity contribution < 1.29 is 14.4 Å². The fraction of sp³-hybridized carbons (Fsp3) is 0.471. The highest BCUT2D eigenvalue weighted by Crippen LogP contribution is 2.11. The van der Waals surface area contributed by atoms with E-state index in [0.29, 0.717) is 24.2 Å². The highest BCUT2D eigenvalue weighted by molar-refractivity contribution is 5.96. The predicted octanol–water partition coefficient (Wildman–Crippen LogP) is 1.70. The molecule has 1 fully saturated rings. The van der Waals surface area contributed by atoms with E-state index in [9.17, 15) is 14.4 Å². The molecule has 24 heavy (non-hydrogen) atoms. The zero-order valence-electron chi connectivity index (χ0n) is 13.7. The maximum atomic E-state index is 12.2. The number of anilines is 1. The number of nitrogens with two attached hydrogens (primary N) is 1. The van der Waals surface area contributed by atoms with Gasteiger partial charge in [-0.05, 0) is 31.0 Å². The maximum Gasteiger partial charge on any atom is 0.316 e. The fourth-order valence-electron chi connectivity index (χ4n) is 2.74. The Hall–Kier alpha value is -2.57. The summed E-state index contributed by atoms with van der Waals surface area (Å²) in [5.41, 5.74) is 5.91. The molecule has 1 aromatic carbocycles. The molecule has 1 heterocycles. The van der Waals surface area contributed by atoms with Gasteiger partial charge in [0.05, 0.1) is 0 Å². The molecule has 0 unspecified atom stereocenters. The van der Waals surface area contributed by atoms with Crippen LogP contribution in [0.25, 0.3) is 0 Å².